The number of carbonyl (C=O) groups excluding carboxylic acids is 2. The third-order valence-electron chi connectivity index (χ3n) is 5.75. The molecular formula is C27H35FO6. The van der Waals surface area contributed by atoms with E-state index < -0.39 is 35.3 Å². The summed E-state index contributed by atoms with van der Waals surface area (Å²) < 4.78 is 26.4. The van der Waals surface area contributed by atoms with E-state index in [0.717, 1.165) is 31.8 Å². The number of hydrogen-bond acceptors (Lipinski definition) is 5. The van der Waals surface area contributed by atoms with E-state index in [1.807, 2.05) is 6.92 Å². The summed E-state index contributed by atoms with van der Waals surface area (Å²) >= 11 is 0. The minimum absolute atomic E-state index is 0.0571. The summed E-state index contributed by atoms with van der Waals surface area (Å²) in [5.41, 5.74) is -1.87. The summed E-state index contributed by atoms with van der Waals surface area (Å²) in [6.07, 6.45) is 11.2. The van der Waals surface area contributed by atoms with Gasteiger partial charge in [-0.1, -0.05) is 76.6 Å². The van der Waals surface area contributed by atoms with Gasteiger partial charge in [0.2, 0.25) is 5.60 Å². The number of rotatable bonds is 14. The summed E-state index contributed by atoms with van der Waals surface area (Å²) in [6.45, 7) is 4.19. The van der Waals surface area contributed by atoms with E-state index in [2.05, 4.69) is 6.92 Å². The van der Waals surface area contributed by atoms with Crippen LogP contribution in [0.15, 0.2) is 48.3 Å². The van der Waals surface area contributed by atoms with Crippen molar-refractivity contribution in [1.82, 2.24) is 0 Å². The lowest BCUT2D eigenvalue weighted by atomic mass is 9.82. The highest BCUT2D eigenvalue weighted by atomic mass is 19.1. The molecule has 2 atom stereocenters. The van der Waals surface area contributed by atoms with Gasteiger partial charge < -0.3 is 14.6 Å². The van der Waals surface area contributed by atoms with Crippen LogP contribution in [-0.4, -0.2) is 29.6 Å². The van der Waals surface area contributed by atoms with Crippen molar-refractivity contribution in [2.24, 2.45) is 5.92 Å². The Morgan fingerprint density at radius 1 is 1.00 bits per heavy atom. The number of carbonyl (C=O) groups is 3. The zero-order valence-corrected chi connectivity index (χ0v) is 20.1. The molecule has 0 heterocycles. The second-order valence-electron chi connectivity index (χ2n) is 8.50. The monoisotopic (exact) mass is 474 g/mol. The SMILES string of the molecule is CCCCCCCCCC(=O)OC1(c2ccccc2C(=O)OCCC)C=CC(C(=O)O)C=C1F. The van der Waals surface area contributed by atoms with Gasteiger partial charge in [-0.15, -0.1) is 0 Å². The van der Waals surface area contributed by atoms with Crippen LogP contribution in [0.4, 0.5) is 4.39 Å². The predicted molar refractivity (Wildman–Crippen MR) is 127 cm³/mol. The van der Waals surface area contributed by atoms with Gasteiger partial charge in [0, 0.05) is 12.0 Å². The minimum atomic E-state index is -2.02. The Kier molecular flexibility index (Phi) is 11.0. The second kappa shape index (κ2) is 13.7. The van der Waals surface area contributed by atoms with Crippen molar-refractivity contribution >= 4 is 17.9 Å². The van der Waals surface area contributed by atoms with Crippen molar-refractivity contribution in [1.29, 1.82) is 0 Å². The van der Waals surface area contributed by atoms with Crippen molar-refractivity contribution in [2.75, 3.05) is 6.61 Å². The number of benzene rings is 1. The molecule has 1 aliphatic rings. The normalized spacial score (nSPS) is 19.4. The molecule has 0 aliphatic heterocycles. The maximum atomic E-state index is 15.5. The first-order chi connectivity index (χ1) is 16.4. The average molecular weight is 475 g/mol. The Hall–Kier alpha value is -2.96. The van der Waals surface area contributed by atoms with E-state index in [1.54, 1.807) is 12.1 Å². The Bertz CT molecular complexity index is 906. The van der Waals surface area contributed by atoms with E-state index in [0.29, 0.717) is 12.8 Å². The summed E-state index contributed by atoms with van der Waals surface area (Å²) in [5.74, 6) is -4.67. The average Bonchev–Trinajstić information content (AvgIpc) is 2.83. The van der Waals surface area contributed by atoms with Crippen molar-refractivity contribution < 1.29 is 33.4 Å². The van der Waals surface area contributed by atoms with Crippen molar-refractivity contribution in [3.63, 3.8) is 0 Å². The Morgan fingerprint density at radius 3 is 2.32 bits per heavy atom. The van der Waals surface area contributed by atoms with Gasteiger partial charge in [0.15, 0.2) is 0 Å². The molecule has 1 aromatic rings. The first-order valence-electron chi connectivity index (χ1n) is 12.1. The van der Waals surface area contributed by atoms with Gasteiger partial charge in [0.05, 0.1) is 18.1 Å². The molecule has 1 aromatic carbocycles. The zero-order valence-electron chi connectivity index (χ0n) is 20.1. The van der Waals surface area contributed by atoms with Crippen LogP contribution in [0.5, 0.6) is 0 Å². The molecule has 0 saturated carbocycles. The number of carboxylic acids is 1. The lowest BCUT2D eigenvalue weighted by Gasteiger charge is -2.33. The Labute approximate surface area is 200 Å². The molecule has 34 heavy (non-hydrogen) atoms. The summed E-state index contributed by atoms with van der Waals surface area (Å²) in [6, 6.07) is 6.17. The number of halogens is 1. The molecule has 1 aliphatic carbocycles. The Balaban J connectivity index is 2.26. The zero-order chi connectivity index (χ0) is 25.0. The molecule has 0 radical (unpaired) electrons. The third kappa shape index (κ3) is 7.27. The number of esters is 2. The van der Waals surface area contributed by atoms with Gasteiger partial charge >= 0.3 is 17.9 Å². The molecule has 0 amide bonds. The van der Waals surface area contributed by atoms with E-state index >= 15 is 4.39 Å². The number of aliphatic carboxylic acids is 1. The largest absolute Gasteiger partial charge is 0.481 e. The molecule has 0 bridgehead atoms. The first kappa shape index (κ1) is 27.3. The van der Waals surface area contributed by atoms with Crippen molar-refractivity contribution in [2.45, 2.75) is 77.2 Å². The van der Waals surface area contributed by atoms with Gasteiger partial charge in [-0.25, -0.2) is 9.18 Å². The van der Waals surface area contributed by atoms with Crippen LogP contribution in [0.3, 0.4) is 0 Å². The smallest absolute Gasteiger partial charge is 0.338 e. The van der Waals surface area contributed by atoms with Crippen LogP contribution in [0, 0.1) is 5.92 Å². The van der Waals surface area contributed by atoms with Crippen LogP contribution in [0.25, 0.3) is 0 Å². The molecular weight excluding hydrogens is 439 g/mol. The number of ether oxygens (including phenoxy) is 2. The van der Waals surface area contributed by atoms with Gasteiger partial charge in [-0.3, -0.25) is 9.59 Å². The fraction of sp³-hybridized carbons (Fsp3) is 0.519. The molecule has 2 unspecified atom stereocenters. The number of hydrogen-bond donors (Lipinski definition) is 1. The fourth-order valence-corrected chi connectivity index (χ4v) is 3.88. The highest BCUT2D eigenvalue weighted by Gasteiger charge is 2.44. The minimum Gasteiger partial charge on any atom is -0.481 e. The molecule has 2 rings (SSSR count). The third-order valence-corrected chi connectivity index (χ3v) is 5.75. The topological polar surface area (TPSA) is 89.9 Å². The standard InChI is InChI=1S/C27H35FO6/c1-3-5-6-7-8-9-10-15-24(29)34-27(17-16-20(25(30)31)19-23(27)28)22-14-12-11-13-21(22)26(32)33-18-4-2/h11-14,16-17,19-20H,3-10,15,18H2,1-2H3,(H,30,31). The van der Waals surface area contributed by atoms with E-state index in [1.165, 1.54) is 37.1 Å². The molecule has 0 aromatic heterocycles. The highest BCUT2D eigenvalue weighted by Crippen LogP contribution is 2.42. The molecule has 0 fully saturated rings. The lowest BCUT2D eigenvalue weighted by molar-refractivity contribution is -0.155. The van der Waals surface area contributed by atoms with Crippen molar-refractivity contribution in [3.05, 3.63) is 59.4 Å². The first-order valence-corrected chi connectivity index (χ1v) is 12.1. The fourth-order valence-electron chi connectivity index (χ4n) is 3.88. The molecule has 7 heteroatoms. The van der Waals surface area contributed by atoms with Gasteiger partial charge in [0.25, 0.3) is 0 Å². The van der Waals surface area contributed by atoms with Crippen LogP contribution in [0.2, 0.25) is 0 Å². The van der Waals surface area contributed by atoms with Crippen LogP contribution >= 0.6 is 0 Å². The van der Waals surface area contributed by atoms with Crippen LogP contribution in [-0.2, 0) is 24.7 Å². The lowest BCUT2D eigenvalue weighted by Crippen LogP contribution is -2.36. The summed E-state index contributed by atoms with van der Waals surface area (Å²) in [5, 5.41) is 9.29. The van der Waals surface area contributed by atoms with Gasteiger partial charge in [0.1, 0.15) is 5.83 Å². The molecule has 0 saturated heterocycles. The van der Waals surface area contributed by atoms with Crippen molar-refractivity contribution in [3.8, 4) is 0 Å². The maximum Gasteiger partial charge on any atom is 0.338 e. The number of carboxylic acid groups (broad SMARTS) is 1. The van der Waals surface area contributed by atoms with E-state index in [-0.39, 0.29) is 24.2 Å². The summed E-state index contributed by atoms with van der Waals surface area (Å²) in [4.78, 5) is 36.8. The van der Waals surface area contributed by atoms with Crippen LogP contribution in [0.1, 0.15) is 87.6 Å². The van der Waals surface area contributed by atoms with Gasteiger partial charge in [-0.2, -0.15) is 0 Å². The maximum absolute atomic E-state index is 15.5. The quantitative estimate of drug-likeness (QED) is 0.195. The molecule has 186 valence electrons. The Morgan fingerprint density at radius 2 is 1.68 bits per heavy atom. The predicted octanol–water partition coefficient (Wildman–Crippen LogP) is 6.26. The number of unbranched alkanes of at least 4 members (excludes halogenated alkanes) is 6. The molecule has 0 spiro atoms. The highest BCUT2D eigenvalue weighted by molar-refractivity contribution is 5.92. The molecule has 1 N–H and O–H groups in total. The van der Waals surface area contributed by atoms with E-state index in [4.69, 9.17) is 9.47 Å². The summed E-state index contributed by atoms with van der Waals surface area (Å²) in [7, 11) is 0. The second-order valence-corrected chi connectivity index (χ2v) is 8.50. The van der Waals surface area contributed by atoms with Gasteiger partial charge in [-0.05, 0) is 31.1 Å². The van der Waals surface area contributed by atoms with Crippen LogP contribution < -0.4 is 0 Å². The molecule has 6 nitrogen and oxygen atoms in total. The van der Waals surface area contributed by atoms with E-state index in [9.17, 15) is 19.5 Å².